The number of aromatic hydroxyl groups is 1. The molecule has 0 fully saturated rings. The Morgan fingerprint density at radius 3 is 1.43 bits per heavy atom. The maximum Gasteiger partial charge on any atom is 0.200 e. The van der Waals surface area contributed by atoms with Crippen molar-refractivity contribution in [3.63, 3.8) is 0 Å². The fourth-order valence-corrected chi connectivity index (χ4v) is 2.30. The van der Waals surface area contributed by atoms with Crippen LogP contribution in [0.1, 0.15) is 0 Å². The molecule has 0 amide bonds. The van der Waals surface area contributed by atoms with Gasteiger partial charge in [0.15, 0.2) is 23.0 Å². The summed E-state index contributed by atoms with van der Waals surface area (Å²) in [6.45, 7) is 0. The molecular weight excluding hydrogens is 300 g/mol. The van der Waals surface area contributed by atoms with Crippen LogP contribution < -0.4 is 23.7 Å². The second-order valence-electron chi connectivity index (χ2n) is 4.64. The van der Waals surface area contributed by atoms with Gasteiger partial charge in [0, 0.05) is 11.6 Å². The second kappa shape index (κ2) is 7.00. The molecule has 2 rings (SSSR count). The number of phenols is 1. The molecule has 0 aliphatic heterocycles. The van der Waals surface area contributed by atoms with E-state index in [0.717, 1.165) is 11.1 Å². The highest BCUT2D eigenvalue weighted by molar-refractivity contribution is 5.78. The lowest BCUT2D eigenvalue weighted by Gasteiger charge is -2.16. The van der Waals surface area contributed by atoms with Gasteiger partial charge in [-0.2, -0.15) is 0 Å². The van der Waals surface area contributed by atoms with Crippen molar-refractivity contribution in [2.24, 2.45) is 0 Å². The Morgan fingerprint density at radius 2 is 1.00 bits per heavy atom. The Hall–Kier alpha value is -2.76. The van der Waals surface area contributed by atoms with Gasteiger partial charge in [0.1, 0.15) is 5.75 Å². The van der Waals surface area contributed by atoms with Crippen molar-refractivity contribution in [1.29, 1.82) is 0 Å². The van der Waals surface area contributed by atoms with Crippen molar-refractivity contribution in [3.8, 4) is 45.6 Å². The topological polar surface area (TPSA) is 66.4 Å². The van der Waals surface area contributed by atoms with Crippen LogP contribution in [0.4, 0.5) is 0 Å². The molecule has 0 atom stereocenters. The van der Waals surface area contributed by atoms with E-state index in [-0.39, 0.29) is 5.75 Å². The lowest BCUT2D eigenvalue weighted by Crippen LogP contribution is -1.96. The molecule has 0 radical (unpaired) electrons. The van der Waals surface area contributed by atoms with E-state index in [1.807, 2.05) is 0 Å². The Bertz CT molecular complexity index is 671. The summed E-state index contributed by atoms with van der Waals surface area (Å²) < 4.78 is 26.5. The quantitative estimate of drug-likeness (QED) is 0.882. The standard InChI is InChI=1S/C17H20O6/c1-19-12-9-14(21-3)13(20-2)8-11(12)10-6-15(22-4)17(18)16(7-10)23-5/h6-9,18H,1-5H3. The fraction of sp³-hybridized carbons (Fsp3) is 0.294. The van der Waals surface area contributed by atoms with Crippen LogP contribution >= 0.6 is 0 Å². The van der Waals surface area contributed by atoms with Gasteiger partial charge in [0.2, 0.25) is 5.75 Å². The first-order chi connectivity index (χ1) is 11.1. The molecule has 23 heavy (non-hydrogen) atoms. The third kappa shape index (κ3) is 3.06. The van der Waals surface area contributed by atoms with Gasteiger partial charge in [-0.3, -0.25) is 0 Å². The first-order valence-corrected chi connectivity index (χ1v) is 6.84. The average Bonchev–Trinajstić information content (AvgIpc) is 2.60. The lowest BCUT2D eigenvalue weighted by atomic mass is 10.0. The van der Waals surface area contributed by atoms with Gasteiger partial charge in [-0.1, -0.05) is 0 Å². The van der Waals surface area contributed by atoms with E-state index < -0.39 is 0 Å². The van der Waals surface area contributed by atoms with Crippen LogP contribution in [0.2, 0.25) is 0 Å². The third-order valence-electron chi connectivity index (χ3n) is 3.50. The van der Waals surface area contributed by atoms with Gasteiger partial charge >= 0.3 is 0 Å². The molecule has 0 aliphatic carbocycles. The molecule has 0 aliphatic rings. The molecule has 124 valence electrons. The Labute approximate surface area is 135 Å². The molecule has 0 bridgehead atoms. The van der Waals surface area contributed by atoms with Crippen molar-refractivity contribution in [3.05, 3.63) is 24.3 Å². The first kappa shape index (κ1) is 16.6. The van der Waals surface area contributed by atoms with Crippen LogP contribution in [-0.4, -0.2) is 40.7 Å². The van der Waals surface area contributed by atoms with Gasteiger partial charge < -0.3 is 28.8 Å². The Kier molecular flexibility index (Phi) is 5.05. The summed E-state index contributed by atoms with van der Waals surface area (Å²) in [5.74, 6) is 2.27. The maximum absolute atomic E-state index is 10.0. The van der Waals surface area contributed by atoms with Crippen molar-refractivity contribution >= 4 is 0 Å². The molecule has 0 aromatic heterocycles. The Morgan fingerprint density at radius 1 is 0.565 bits per heavy atom. The zero-order valence-electron chi connectivity index (χ0n) is 13.8. The van der Waals surface area contributed by atoms with Gasteiger partial charge in [0.05, 0.1) is 35.5 Å². The molecule has 0 saturated heterocycles. The molecule has 6 nitrogen and oxygen atoms in total. The highest BCUT2D eigenvalue weighted by atomic mass is 16.5. The molecule has 0 heterocycles. The molecule has 0 unspecified atom stereocenters. The number of benzene rings is 2. The summed E-state index contributed by atoms with van der Waals surface area (Å²) in [4.78, 5) is 0. The molecule has 6 heteroatoms. The summed E-state index contributed by atoms with van der Waals surface area (Å²) in [5, 5.41) is 10.0. The highest BCUT2D eigenvalue weighted by Crippen LogP contribution is 2.45. The van der Waals surface area contributed by atoms with Gasteiger partial charge in [-0.15, -0.1) is 0 Å². The summed E-state index contributed by atoms with van der Waals surface area (Å²) in [7, 11) is 7.64. The second-order valence-corrected chi connectivity index (χ2v) is 4.64. The van der Waals surface area contributed by atoms with Crippen LogP contribution in [0.15, 0.2) is 24.3 Å². The van der Waals surface area contributed by atoms with E-state index in [2.05, 4.69) is 0 Å². The average molecular weight is 320 g/mol. The summed E-state index contributed by atoms with van der Waals surface area (Å²) in [6, 6.07) is 6.92. The molecule has 1 N–H and O–H groups in total. The fourth-order valence-electron chi connectivity index (χ4n) is 2.30. The number of phenolic OH excluding ortho intramolecular Hbond substituents is 1. The summed E-state index contributed by atoms with van der Waals surface area (Å²) in [5.41, 5.74) is 1.50. The minimum Gasteiger partial charge on any atom is -0.502 e. The van der Waals surface area contributed by atoms with E-state index in [0.29, 0.717) is 28.7 Å². The normalized spacial score (nSPS) is 10.1. The maximum atomic E-state index is 10.0. The van der Waals surface area contributed by atoms with Crippen molar-refractivity contribution < 1.29 is 28.8 Å². The number of hydrogen-bond donors (Lipinski definition) is 1. The number of methoxy groups -OCH3 is 5. The van der Waals surface area contributed by atoms with E-state index in [9.17, 15) is 5.11 Å². The summed E-state index contributed by atoms with van der Waals surface area (Å²) in [6.07, 6.45) is 0. The van der Waals surface area contributed by atoms with Crippen molar-refractivity contribution in [2.45, 2.75) is 0 Å². The minimum atomic E-state index is -0.0572. The summed E-state index contributed by atoms with van der Waals surface area (Å²) >= 11 is 0. The molecular formula is C17H20O6. The van der Waals surface area contributed by atoms with Crippen LogP contribution in [0, 0.1) is 0 Å². The predicted molar refractivity (Wildman–Crippen MR) is 86.3 cm³/mol. The monoisotopic (exact) mass is 320 g/mol. The van der Waals surface area contributed by atoms with Crippen molar-refractivity contribution in [2.75, 3.05) is 35.5 Å². The molecule has 2 aromatic carbocycles. The smallest absolute Gasteiger partial charge is 0.200 e. The Balaban J connectivity index is 2.70. The van der Waals surface area contributed by atoms with E-state index >= 15 is 0 Å². The SMILES string of the molecule is COc1cc(OC)c(-c2cc(OC)c(O)c(OC)c2)cc1OC. The minimum absolute atomic E-state index is 0.0572. The zero-order chi connectivity index (χ0) is 17.0. The highest BCUT2D eigenvalue weighted by Gasteiger charge is 2.17. The number of rotatable bonds is 6. The molecule has 0 saturated carbocycles. The third-order valence-corrected chi connectivity index (χ3v) is 3.50. The first-order valence-electron chi connectivity index (χ1n) is 6.84. The van der Waals surface area contributed by atoms with E-state index in [4.69, 9.17) is 23.7 Å². The van der Waals surface area contributed by atoms with E-state index in [1.54, 1.807) is 45.6 Å². The van der Waals surface area contributed by atoms with E-state index in [1.165, 1.54) is 14.2 Å². The van der Waals surface area contributed by atoms with Crippen molar-refractivity contribution in [1.82, 2.24) is 0 Å². The molecule has 2 aromatic rings. The molecule has 0 spiro atoms. The van der Waals surface area contributed by atoms with Crippen LogP contribution in [0.5, 0.6) is 34.5 Å². The van der Waals surface area contributed by atoms with Crippen LogP contribution in [-0.2, 0) is 0 Å². The van der Waals surface area contributed by atoms with Crippen LogP contribution in [0.25, 0.3) is 11.1 Å². The zero-order valence-corrected chi connectivity index (χ0v) is 13.8. The predicted octanol–water partition coefficient (Wildman–Crippen LogP) is 3.10. The number of ether oxygens (including phenoxy) is 5. The number of hydrogen-bond acceptors (Lipinski definition) is 6. The lowest BCUT2D eigenvalue weighted by molar-refractivity contribution is 0.340. The largest absolute Gasteiger partial charge is 0.502 e. The van der Waals surface area contributed by atoms with Gasteiger partial charge in [-0.25, -0.2) is 0 Å². The van der Waals surface area contributed by atoms with Gasteiger partial charge in [-0.05, 0) is 23.8 Å². The van der Waals surface area contributed by atoms with Crippen LogP contribution in [0.3, 0.4) is 0 Å². The van der Waals surface area contributed by atoms with Gasteiger partial charge in [0.25, 0.3) is 0 Å².